The molecule has 0 atom stereocenters. The first kappa shape index (κ1) is 19.0. The molecule has 0 aliphatic heterocycles. The van der Waals surface area contributed by atoms with Crippen molar-refractivity contribution in [2.24, 2.45) is 0 Å². The Morgan fingerprint density at radius 2 is 1.71 bits per heavy atom. The fourth-order valence-corrected chi connectivity index (χ4v) is 2.47. The lowest BCUT2D eigenvalue weighted by atomic mass is 10.2. The van der Waals surface area contributed by atoms with Crippen molar-refractivity contribution in [3.05, 3.63) is 82.4 Å². The predicted octanol–water partition coefficient (Wildman–Crippen LogP) is 3.49. The molecule has 28 heavy (non-hydrogen) atoms. The maximum absolute atomic E-state index is 12.4. The Labute approximate surface area is 161 Å². The standard InChI is InChI=1S/C21H19NO6/c1-25-17-9-8-15(10-18(17)26-2)22-21(24)19-11-16(23)20(13-28-19)27-12-14-6-4-3-5-7-14/h3-11,13H,12H2,1-2H3,(H,22,24). The van der Waals surface area contributed by atoms with E-state index >= 15 is 0 Å². The molecule has 3 aromatic rings. The van der Waals surface area contributed by atoms with Crippen LogP contribution in [0.15, 0.2) is 70.1 Å². The van der Waals surface area contributed by atoms with Gasteiger partial charge in [-0.3, -0.25) is 9.59 Å². The number of nitrogens with one attached hydrogen (secondary N) is 1. The number of carbonyl (C=O) groups is 1. The predicted molar refractivity (Wildman–Crippen MR) is 103 cm³/mol. The second-order valence-corrected chi connectivity index (χ2v) is 5.77. The molecule has 0 saturated carbocycles. The molecular weight excluding hydrogens is 362 g/mol. The quantitative estimate of drug-likeness (QED) is 0.674. The lowest BCUT2D eigenvalue weighted by Crippen LogP contribution is -2.16. The summed E-state index contributed by atoms with van der Waals surface area (Å²) in [6.45, 7) is 0.225. The van der Waals surface area contributed by atoms with Crippen LogP contribution in [-0.4, -0.2) is 20.1 Å². The summed E-state index contributed by atoms with van der Waals surface area (Å²) in [6, 6.07) is 15.4. The van der Waals surface area contributed by atoms with Gasteiger partial charge >= 0.3 is 0 Å². The molecule has 0 bridgehead atoms. The highest BCUT2D eigenvalue weighted by molar-refractivity contribution is 6.02. The molecule has 3 rings (SSSR count). The number of amides is 1. The largest absolute Gasteiger partial charge is 0.493 e. The Morgan fingerprint density at radius 1 is 0.964 bits per heavy atom. The zero-order chi connectivity index (χ0) is 19.9. The van der Waals surface area contributed by atoms with Crippen molar-refractivity contribution in [3.8, 4) is 17.2 Å². The molecule has 2 aromatic carbocycles. The van der Waals surface area contributed by atoms with Gasteiger partial charge < -0.3 is 23.9 Å². The minimum atomic E-state index is -0.570. The lowest BCUT2D eigenvalue weighted by molar-refractivity contribution is 0.0993. The average molecular weight is 381 g/mol. The summed E-state index contributed by atoms with van der Waals surface area (Å²) >= 11 is 0. The topological polar surface area (TPSA) is 87.0 Å². The first-order valence-electron chi connectivity index (χ1n) is 8.43. The summed E-state index contributed by atoms with van der Waals surface area (Å²) in [7, 11) is 3.02. The van der Waals surface area contributed by atoms with Gasteiger partial charge in [-0.2, -0.15) is 0 Å². The fourth-order valence-electron chi connectivity index (χ4n) is 2.47. The molecule has 0 fully saturated rings. The van der Waals surface area contributed by atoms with Crippen LogP contribution < -0.4 is 25.0 Å². The van der Waals surface area contributed by atoms with Crippen LogP contribution in [-0.2, 0) is 6.61 Å². The van der Waals surface area contributed by atoms with Crippen LogP contribution in [0.3, 0.4) is 0 Å². The number of benzene rings is 2. The normalized spacial score (nSPS) is 10.2. The third-order valence-electron chi connectivity index (χ3n) is 3.90. The van der Waals surface area contributed by atoms with Crippen molar-refractivity contribution in [1.82, 2.24) is 0 Å². The first-order chi connectivity index (χ1) is 13.6. The van der Waals surface area contributed by atoms with Crippen molar-refractivity contribution in [3.63, 3.8) is 0 Å². The van der Waals surface area contributed by atoms with Gasteiger partial charge in [-0.1, -0.05) is 30.3 Å². The monoisotopic (exact) mass is 381 g/mol. The summed E-state index contributed by atoms with van der Waals surface area (Å²) < 4.78 is 21.1. The van der Waals surface area contributed by atoms with E-state index in [1.807, 2.05) is 30.3 Å². The molecule has 0 spiro atoms. The zero-order valence-corrected chi connectivity index (χ0v) is 15.4. The van der Waals surface area contributed by atoms with Crippen LogP contribution in [0, 0.1) is 0 Å². The highest BCUT2D eigenvalue weighted by atomic mass is 16.5. The van der Waals surface area contributed by atoms with E-state index in [1.54, 1.807) is 18.2 Å². The second kappa shape index (κ2) is 8.77. The van der Waals surface area contributed by atoms with Crippen LogP contribution in [0.5, 0.6) is 17.2 Å². The van der Waals surface area contributed by atoms with Crippen molar-refractivity contribution >= 4 is 11.6 Å². The minimum Gasteiger partial charge on any atom is -0.493 e. The van der Waals surface area contributed by atoms with Crippen LogP contribution in [0.4, 0.5) is 5.69 Å². The van der Waals surface area contributed by atoms with Gasteiger partial charge in [-0.15, -0.1) is 0 Å². The van der Waals surface area contributed by atoms with Crippen LogP contribution in [0.25, 0.3) is 0 Å². The highest BCUT2D eigenvalue weighted by Gasteiger charge is 2.14. The maximum Gasteiger partial charge on any atom is 0.291 e. The minimum absolute atomic E-state index is 0.0338. The molecule has 1 N–H and O–H groups in total. The second-order valence-electron chi connectivity index (χ2n) is 5.77. The summed E-state index contributed by atoms with van der Waals surface area (Å²) in [5.41, 5.74) is 0.937. The molecule has 0 aliphatic rings. The Balaban J connectivity index is 1.69. The maximum atomic E-state index is 12.4. The van der Waals surface area contributed by atoms with E-state index < -0.39 is 11.3 Å². The zero-order valence-electron chi connectivity index (χ0n) is 15.4. The van der Waals surface area contributed by atoms with E-state index in [2.05, 4.69) is 5.32 Å². The SMILES string of the molecule is COc1ccc(NC(=O)c2cc(=O)c(OCc3ccccc3)co2)cc1OC. The van der Waals surface area contributed by atoms with Gasteiger partial charge in [-0.25, -0.2) is 0 Å². The summed E-state index contributed by atoms with van der Waals surface area (Å²) in [5.74, 6) is 0.329. The number of hydrogen-bond acceptors (Lipinski definition) is 6. The smallest absolute Gasteiger partial charge is 0.291 e. The third kappa shape index (κ3) is 4.50. The Bertz CT molecular complexity index is 1010. The van der Waals surface area contributed by atoms with Crippen LogP contribution in [0.1, 0.15) is 16.1 Å². The van der Waals surface area contributed by atoms with Crippen LogP contribution >= 0.6 is 0 Å². The molecule has 0 unspecified atom stereocenters. The summed E-state index contributed by atoms with van der Waals surface area (Å²) in [4.78, 5) is 24.6. The van der Waals surface area contributed by atoms with E-state index in [4.69, 9.17) is 18.6 Å². The van der Waals surface area contributed by atoms with Gasteiger partial charge in [-0.05, 0) is 17.7 Å². The molecule has 1 aromatic heterocycles. The third-order valence-corrected chi connectivity index (χ3v) is 3.90. The number of methoxy groups -OCH3 is 2. The molecule has 0 saturated heterocycles. The first-order valence-corrected chi connectivity index (χ1v) is 8.43. The lowest BCUT2D eigenvalue weighted by Gasteiger charge is -2.10. The number of hydrogen-bond donors (Lipinski definition) is 1. The van der Waals surface area contributed by atoms with E-state index in [-0.39, 0.29) is 18.1 Å². The van der Waals surface area contributed by atoms with Crippen molar-refractivity contribution in [1.29, 1.82) is 0 Å². The summed E-state index contributed by atoms with van der Waals surface area (Å²) in [5, 5.41) is 2.64. The van der Waals surface area contributed by atoms with E-state index in [0.717, 1.165) is 17.9 Å². The molecule has 0 aliphatic carbocycles. The van der Waals surface area contributed by atoms with Gasteiger partial charge in [0.2, 0.25) is 11.2 Å². The number of carbonyl (C=O) groups excluding carboxylic acids is 1. The van der Waals surface area contributed by atoms with Gasteiger partial charge in [0.05, 0.1) is 14.2 Å². The van der Waals surface area contributed by atoms with E-state index in [0.29, 0.717) is 17.2 Å². The molecule has 1 amide bonds. The fraction of sp³-hybridized carbons (Fsp3) is 0.143. The number of ether oxygens (including phenoxy) is 3. The van der Waals surface area contributed by atoms with Gasteiger partial charge in [0.25, 0.3) is 5.91 Å². The van der Waals surface area contributed by atoms with Crippen molar-refractivity contribution in [2.75, 3.05) is 19.5 Å². The molecule has 144 valence electrons. The molecule has 1 heterocycles. The van der Waals surface area contributed by atoms with Crippen LogP contribution in [0.2, 0.25) is 0 Å². The average Bonchev–Trinajstić information content (AvgIpc) is 2.73. The van der Waals surface area contributed by atoms with E-state index in [1.165, 1.54) is 14.2 Å². The van der Waals surface area contributed by atoms with Crippen molar-refractivity contribution < 1.29 is 23.4 Å². The molecule has 0 radical (unpaired) electrons. The number of rotatable bonds is 7. The van der Waals surface area contributed by atoms with E-state index in [9.17, 15) is 9.59 Å². The Kier molecular flexibility index (Phi) is 5.96. The van der Waals surface area contributed by atoms with Gasteiger partial charge in [0, 0.05) is 17.8 Å². The Hall–Kier alpha value is -3.74. The summed E-state index contributed by atoms with van der Waals surface area (Å²) in [6.07, 6.45) is 1.13. The number of anilines is 1. The Morgan fingerprint density at radius 3 is 2.39 bits per heavy atom. The highest BCUT2D eigenvalue weighted by Crippen LogP contribution is 2.29. The van der Waals surface area contributed by atoms with Crippen molar-refractivity contribution in [2.45, 2.75) is 6.61 Å². The van der Waals surface area contributed by atoms with Gasteiger partial charge in [0.1, 0.15) is 12.9 Å². The molecule has 7 nitrogen and oxygen atoms in total. The molecule has 7 heteroatoms. The molecular formula is C21H19NO6. The van der Waals surface area contributed by atoms with Gasteiger partial charge in [0.15, 0.2) is 17.3 Å².